The molecule has 0 aromatic carbocycles. The summed E-state index contributed by atoms with van der Waals surface area (Å²) in [6, 6.07) is 1.97. The summed E-state index contributed by atoms with van der Waals surface area (Å²) in [5.74, 6) is 2.35. The van der Waals surface area contributed by atoms with Crippen molar-refractivity contribution in [2.45, 2.75) is 56.7 Å². The fraction of sp³-hybridized carbons (Fsp3) is 0.778. The fourth-order valence-electron chi connectivity index (χ4n) is 3.80. The maximum absolute atomic E-state index is 4.90. The highest BCUT2D eigenvalue weighted by molar-refractivity contribution is 14.0. The molecule has 0 amide bonds. The van der Waals surface area contributed by atoms with E-state index in [-0.39, 0.29) is 24.0 Å². The molecule has 1 aromatic rings. The van der Waals surface area contributed by atoms with Crippen molar-refractivity contribution < 1.29 is 0 Å². The number of aromatic nitrogens is 2. The SMILES string of the molecule is CCNC(=NCCCn1cccn1)N1CCSC2(CCCCC2)C1.I. The second-order valence-corrected chi connectivity index (χ2v) is 8.43. The van der Waals surface area contributed by atoms with Crippen LogP contribution in [0.15, 0.2) is 23.5 Å². The van der Waals surface area contributed by atoms with Gasteiger partial charge in [0.15, 0.2) is 5.96 Å². The van der Waals surface area contributed by atoms with Gasteiger partial charge >= 0.3 is 0 Å². The third-order valence-electron chi connectivity index (χ3n) is 5.01. The van der Waals surface area contributed by atoms with E-state index in [2.05, 4.69) is 34.0 Å². The summed E-state index contributed by atoms with van der Waals surface area (Å²) in [5.41, 5.74) is 0. The average molecular weight is 477 g/mol. The molecule has 142 valence electrons. The molecule has 1 N–H and O–H groups in total. The molecule has 1 aromatic heterocycles. The molecule has 2 aliphatic rings. The topological polar surface area (TPSA) is 45.5 Å². The summed E-state index contributed by atoms with van der Waals surface area (Å²) in [4.78, 5) is 7.41. The molecule has 2 fully saturated rings. The van der Waals surface area contributed by atoms with Crippen molar-refractivity contribution in [2.24, 2.45) is 4.99 Å². The Balaban J connectivity index is 0.00000225. The number of hydrogen-bond acceptors (Lipinski definition) is 3. The van der Waals surface area contributed by atoms with Crippen LogP contribution in [0.25, 0.3) is 0 Å². The van der Waals surface area contributed by atoms with E-state index in [4.69, 9.17) is 4.99 Å². The quantitative estimate of drug-likeness (QED) is 0.305. The standard InChI is InChI=1S/C18H31N5S.HI/c1-2-19-17(20-10-6-12-23-13-7-11-21-23)22-14-15-24-18(16-22)8-4-3-5-9-18;/h7,11,13H,2-6,8-10,12,14-16H2,1H3,(H,19,20);1H. The monoisotopic (exact) mass is 477 g/mol. The molecule has 25 heavy (non-hydrogen) atoms. The van der Waals surface area contributed by atoms with Gasteiger partial charge in [0.1, 0.15) is 0 Å². The van der Waals surface area contributed by atoms with Crippen molar-refractivity contribution in [1.82, 2.24) is 20.0 Å². The molecule has 1 aliphatic heterocycles. The predicted octanol–water partition coefficient (Wildman–Crippen LogP) is 3.61. The van der Waals surface area contributed by atoms with E-state index in [0.717, 1.165) is 38.6 Å². The minimum atomic E-state index is 0. The smallest absolute Gasteiger partial charge is 0.193 e. The lowest BCUT2D eigenvalue weighted by Gasteiger charge is -2.45. The zero-order valence-corrected chi connectivity index (χ0v) is 18.5. The van der Waals surface area contributed by atoms with Crippen LogP contribution >= 0.6 is 35.7 Å². The Morgan fingerprint density at radius 3 is 2.88 bits per heavy atom. The lowest BCUT2D eigenvalue weighted by molar-refractivity contribution is 0.293. The highest BCUT2D eigenvalue weighted by atomic mass is 127. The second kappa shape index (κ2) is 10.6. The minimum absolute atomic E-state index is 0. The lowest BCUT2D eigenvalue weighted by Crippen LogP contribution is -2.53. The van der Waals surface area contributed by atoms with Gasteiger partial charge in [-0.25, -0.2) is 0 Å². The third-order valence-corrected chi connectivity index (χ3v) is 6.55. The molecule has 0 bridgehead atoms. The Morgan fingerprint density at radius 1 is 1.32 bits per heavy atom. The average Bonchev–Trinajstić information content (AvgIpc) is 3.12. The van der Waals surface area contributed by atoms with Crippen molar-refractivity contribution in [2.75, 3.05) is 31.9 Å². The molecular formula is C18H32IN5S. The lowest BCUT2D eigenvalue weighted by atomic mass is 9.87. The van der Waals surface area contributed by atoms with Crippen LogP contribution in [0.3, 0.4) is 0 Å². The Labute approximate surface area is 173 Å². The van der Waals surface area contributed by atoms with Gasteiger partial charge in [-0.15, -0.1) is 24.0 Å². The summed E-state index contributed by atoms with van der Waals surface area (Å²) in [6.45, 7) is 7.19. The van der Waals surface area contributed by atoms with Crippen molar-refractivity contribution in [3.05, 3.63) is 18.5 Å². The van der Waals surface area contributed by atoms with E-state index >= 15 is 0 Å². The van der Waals surface area contributed by atoms with Crippen LogP contribution in [0.1, 0.15) is 45.4 Å². The van der Waals surface area contributed by atoms with E-state index in [1.54, 1.807) is 0 Å². The number of guanidine groups is 1. The predicted molar refractivity (Wildman–Crippen MR) is 118 cm³/mol. The molecular weight excluding hydrogens is 445 g/mol. The van der Waals surface area contributed by atoms with Crippen LogP contribution in [-0.2, 0) is 6.54 Å². The Morgan fingerprint density at radius 2 is 2.16 bits per heavy atom. The van der Waals surface area contributed by atoms with Crippen LogP contribution in [0.4, 0.5) is 0 Å². The molecule has 0 atom stereocenters. The van der Waals surface area contributed by atoms with E-state index < -0.39 is 0 Å². The summed E-state index contributed by atoms with van der Waals surface area (Å²) < 4.78 is 2.47. The van der Waals surface area contributed by atoms with E-state index in [1.165, 1.54) is 44.4 Å². The largest absolute Gasteiger partial charge is 0.357 e. The molecule has 5 nitrogen and oxygen atoms in total. The normalized spacial score (nSPS) is 20.4. The summed E-state index contributed by atoms with van der Waals surface area (Å²) >= 11 is 2.22. The zero-order chi connectivity index (χ0) is 16.7. The van der Waals surface area contributed by atoms with E-state index in [0.29, 0.717) is 4.75 Å². The first-order chi connectivity index (χ1) is 11.8. The molecule has 0 radical (unpaired) electrons. The molecule has 3 rings (SSSR count). The number of aryl methyl sites for hydroxylation is 1. The number of hydrogen-bond donors (Lipinski definition) is 1. The van der Waals surface area contributed by atoms with Gasteiger partial charge in [-0.3, -0.25) is 9.67 Å². The molecule has 7 heteroatoms. The number of nitrogens with zero attached hydrogens (tertiary/aromatic N) is 4. The van der Waals surface area contributed by atoms with Crippen molar-refractivity contribution in [3.63, 3.8) is 0 Å². The number of nitrogens with one attached hydrogen (secondary N) is 1. The minimum Gasteiger partial charge on any atom is -0.357 e. The van der Waals surface area contributed by atoms with Gasteiger partial charge in [0.25, 0.3) is 0 Å². The first-order valence-corrected chi connectivity index (χ1v) is 10.4. The van der Waals surface area contributed by atoms with Crippen molar-refractivity contribution in [3.8, 4) is 0 Å². The highest BCUT2D eigenvalue weighted by Gasteiger charge is 2.38. The molecule has 1 saturated carbocycles. The number of aliphatic imine (C=N–C) groups is 1. The number of thioether (sulfide) groups is 1. The van der Waals surface area contributed by atoms with Gasteiger partial charge in [-0.05, 0) is 32.3 Å². The molecule has 0 unspecified atom stereocenters. The fourth-order valence-corrected chi connectivity index (χ4v) is 5.37. The third kappa shape index (κ3) is 6.05. The van der Waals surface area contributed by atoms with Gasteiger partial charge in [0.05, 0.1) is 0 Å². The number of rotatable bonds is 5. The van der Waals surface area contributed by atoms with Crippen LogP contribution in [0.5, 0.6) is 0 Å². The maximum Gasteiger partial charge on any atom is 0.193 e. The van der Waals surface area contributed by atoms with Crippen LogP contribution in [0, 0.1) is 0 Å². The number of halogens is 1. The Bertz CT molecular complexity index is 508. The summed E-state index contributed by atoms with van der Waals surface area (Å²) in [6.07, 6.45) is 11.9. The van der Waals surface area contributed by atoms with Crippen LogP contribution in [-0.4, -0.2) is 57.3 Å². The van der Waals surface area contributed by atoms with Crippen LogP contribution < -0.4 is 5.32 Å². The summed E-state index contributed by atoms with van der Waals surface area (Å²) in [7, 11) is 0. The first kappa shape index (κ1) is 20.9. The van der Waals surface area contributed by atoms with Gasteiger partial charge in [-0.2, -0.15) is 16.9 Å². The van der Waals surface area contributed by atoms with Gasteiger partial charge in [0.2, 0.25) is 0 Å². The van der Waals surface area contributed by atoms with E-state index in [1.807, 2.05) is 23.1 Å². The Kier molecular flexibility index (Phi) is 8.89. The van der Waals surface area contributed by atoms with Crippen LogP contribution in [0.2, 0.25) is 0 Å². The molecule has 1 aliphatic carbocycles. The van der Waals surface area contributed by atoms with Crippen molar-refractivity contribution in [1.29, 1.82) is 0 Å². The summed E-state index contributed by atoms with van der Waals surface area (Å²) in [5, 5.41) is 7.77. The maximum atomic E-state index is 4.90. The van der Waals surface area contributed by atoms with E-state index in [9.17, 15) is 0 Å². The molecule has 1 spiro atoms. The van der Waals surface area contributed by atoms with Gasteiger partial charge in [-0.1, -0.05) is 19.3 Å². The van der Waals surface area contributed by atoms with Gasteiger partial charge in [0, 0.05) is 55.6 Å². The zero-order valence-electron chi connectivity index (χ0n) is 15.3. The first-order valence-electron chi connectivity index (χ1n) is 9.46. The molecule has 2 heterocycles. The molecule has 1 saturated heterocycles. The van der Waals surface area contributed by atoms with Gasteiger partial charge < -0.3 is 10.2 Å². The van der Waals surface area contributed by atoms with Crippen molar-refractivity contribution >= 4 is 41.7 Å². The Hall–Kier alpha value is -0.440. The highest BCUT2D eigenvalue weighted by Crippen LogP contribution is 2.42. The second-order valence-electron chi connectivity index (χ2n) is 6.87.